The zero-order valence-corrected chi connectivity index (χ0v) is 14.0. The van der Waals surface area contributed by atoms with E-state index in [4.69, 9.17) is 17.3 Å². The van der Waals surface area contributed by atoms with Gasteiger partial charge in [-0.15, -0.1) is 0 Å². The summed E-state index contributed by atoms with van der Waals surface area (Å²) in [6.07, 6.45) is 0. The van der Waals surface area contributed by atoms with Gasteiger partial charge in [0.15, 0.2) is 0 Å². The lowest BCUT2D eigenvalue weighted by atomic mass is 9.85. The summed E-state index contributed by atoms with van der Waals surface area (Å²) >= 11 is 12.5. The van der Waals surface area contributed by atoms with Crippen LogP contribution in [0.3, 0.4) is 0 Å². The first-order valence-electron chi connectivity index (χ1n) is 5.53. The monoisotopic (exact) mass is 405 g/mol. The van der Waals surface area contributed by atoms with Crippen LogP contribution in [0.4, 0.5) is 4.39 Å². The molecule has 0 saturated carbocycles. The van der Waals surface area contributed by atoms with Gasteiger partial charge in [-0.05, 0) is 46.6 Å². The Balaban J connectivity index is 2.60. The van der Waals surface area contributed by atoms with E-state index in [0.717, 1.165) is 10.0 Å². The molecule has 1 atom stereocenters. The Morgan fingerprint density at radius 3 is 2.53 bits per heavy atom. The maximum absolute atomic E-state index is 14.3. The second-order valence-electron chi connectivity index (χ2n) is 4.44. The molecule has 0 aliphatic rings. The molecule has 0 spiro atoms. The molecular weight excluding hydrogens is 396 g/mol. The maximum atomic E-state index is 14.3. The average molecular weight is 408 g/mol. The van der Waals surface area contributed by atoms with E-state index in [1.165, 1.54) is 0 Å². The molecule has 0 aliphatic carbocycles. The van der Waals surface area contributed by atoms with Crippen LogP contribution in [-0.2, 0) is 5.54 Å². The van der Waals surface area contributed by atoms with Gasteiger partial charge in [0.2, 0.25) is 0 Å². The Morgan fingerprint density at radius 2 is 1.89 bits per heavy atom. The van der Waals surface area contributed by atoms with E-state index in [0.29, 0.717) is 10.0 Å². The average Bonchev–Trinajstić information content (AvgIpc) is 2.36. The van der Waals surface area contributed by atoms with Crippen molar-refractivity contribution < 1.29 is 4.39 Å². The van der Waals surface area contributed by atoms with Crippen LogP contribution in [0.1, 0.15) is 18.1 Å². The topological polar surface area (TPSA) is 26.0 Å². The third kappa shape index (κ3) is 2.87. The maximum Gasteiger partial charge on any atom is 0.148 e. The van der Waals surface area contributed by atoms with E-state index < -0.39 is 11.4 Å². The standard InChI is InChI=1S/C14H11Br2ClFN/c1-14(19,8-3-2-4-9(15)7-8)10-5-6-11(16)12(17)13(10)18/h2-7H,19H2,1H3. The first-order chi connectivity index (χ1) is 8.84. The van der Waals surface area contributed by atoms with Crippen LogP contribution in [0.5, 0.6) is 0 Å². The summed E-state index contributed by atoms with van der Waals surface area (Å²) in [5.74, 6) is -0.499. The molecule has 0 aromatic heterocycles. The number of hydrogen-bond acceptors (Lipinski definition) is 1. The fourth-order valence-electron chi connectivity index (χ4n) is 1.89. The normalized spacial score (nSPS) is 14.2. The third-order valence-electron chi connectivity index (χ3n) is 3.02. The van der Waals surface area contributed by atoms with Gasteiger partial charge in [-0.25, -0.2) is 4.39 Å². The molecule has 0 fully saturated rings. The van der Waals surface area contributed by atoms with Crippen molar-refractivity contribution in [3.8, 4) is 0 Å². The molecule has 0 amide bonds. The fourth-order valence-corrected chi connectivity index (χ4v) is 2.76. The zero-order chi connectivity index (χ0) is 14.2. The second kappa shape index (κ2) is 5.52. The van der Waals surface area contributed by atoms with Crippen LogP contribution in [0.15, 0.2) is 45.3 Å². The molecule has 0 aliphatic heterocycles. The van der Waals surface area contributed by atoms with Gasteiger partial charge in [0.1, 0.15) is 5.82 Å². The largest absolute Gasteiger partial charge is 0.318 e. The molecular formula is C14H11Br2ClFN. The molecule has 5 heteroatoms. The van der Waals surface area contributed by atoms with E-state index in [1.807, 2.05) is 24.3 Å². The van der Waals surface area contributed by atoms with Crippen molar-refractivity contribution in [2.75, 3.05) is 0 Å². The molecule has 100 valence electrons. The van der Waals surface area contributed by atoms with Crippen molar-refractivity contribution in [3.05, 3.63) is 67.3 Å². The van der Waals surface area contributed by atoms with E-state index in [1.54, 1.807) is 19.1 Å². The van der Waals surface area contributed by atoms with Gasteiger partial charge < -0.3 is 5.73 Å². The molecule has 2 aromatic carbocycles. The van der Waals surface area contributed by atoms with Crippen molar-refractivity contribution in [1.29, 1.82) is 0 Å². The highest BCUT2D eigenvalue weighted by atomic mass is 79.9. The van der Waals surface area contributed by atoms with Crippen LogP contribution in [0, 0.1) is 5.82 Å². The molecule has 0 radical (unpaired) electrons. The number of rotatable bonds is 2. The summed E-state index contributed by atoms with van der Waals surface area (Å²) in [6.45, 7) is 1.76. The van der Waals surface area contributed by atoms with Crippen LogP contribution < -0.4 is 5.73 Å². The summed E-state index contributed by atoms with van der Waals surface area (Å²) in [4.78, 5) is 0. The molecule has 1 unspecified atom stereocenters. The molecule has 2 rings (SSSR count). The molecule has 0 bridgehead atoms. The molecule has 0 saturated heterocycles. The van der Waals surface area contributed by atoms with Crippen LogP contribution in [0.2, 0.25) is 5.02 Å². The highest BCUT2D eigenvalue weighted by Gasteiger charge is 2.28. The predicted molar refractivity (Wildman–Crippen MR) is 83.9 cm³/mol. The highest BCUT2D eigenvalue weighted by Crippen LogP contribution is 2.35. The van der Waals surface area contributed by atoms with Crippen molar-refractivity contribution in [2.24, 2.45) is 5.73 Å². The fraction of sp³-hybridized carbons (Fsp3) is 0.143. The minimum absolute atomic E-state index is 0.0455. The molecule has 0 heterocycles. The van der Waals surface area contributed by atoms with Gasteiger partial charge in [0, 0.05) is 14.5 Å². The number of benzene rings is 2. The molecule has 2 aromatic rings. The van der Waals surface area contributed by atoms with Gasteiger partial charge >= 0.3 is 0 Å². The first kappa shape index (κ1) is 15.0. The van der Waals surface area contributed by atoms with Crippen molar-refractivity contribution in [2.45, 2.75) is 12.5 Å². The summed E-state index contributed by atoms with van der Waals surface area (Å²) in [5.41, 5.74) is 6.52. The van der Waals surface area contributed by atoms with Crippen LogP contribution in [0.25, 0.3) is 0 Å². The molecule has 2 N–H and O–H groups in total. The van der Waals surface area contributed by atoms with Crippen molar-refractivity contribution in [3.63, 3.8) is 0 Å². The van der Waals surface area contributed by atoms with Gasteiger partial charge in [0.25, 0.3) is 0 Å². The predicted octanol–water partition coefficient (Wildman–Crippen LogP) is 5.23. The van der Waals surface area contributed by atoms with Gasteiger partial charge in [-0.3, -0.25) is 0 Å². The molecule has 1 nitrogen and oxygen atoms in total. The smallest absolute Gasteiger partial charge is 0.148 e. The number of nitrogens with two attached hydrogens (primary N) is 1. The zero-order valence-electron chi connectivity index (χ0n) is 10.1. The summed E-state index contributed by atoms with van der Waals surface area (Å²) in [5, 5.41) is 0.0455. The second-order valence-corrected chi connectivity index (χ2v) is 6.58. The number of hydrogen-bond donors (Lipinski definition) is 1. The Kier molecular flexibility index (Phi) is 4.35. The Labute approximate surface area is 133 Å². The van der Waals surface area contributed by atoms with Gasteiger partial charge in [-0.1, -0.05) is 45.7 Å². The number of halogens is 4. The van der Waals surface area contributed by atoms with E-state index >= 15 is 0 Å². The Hall–Kier alpha value is -0.420. The minimum Gasteiger partial charge on any atom is -0.318 e. The summed E-state index contributed by atoms with van der Waals surface area (Å²) in [6, 6.07) is 10.8. The first-order valence-corrected chi connectivity index (χ1v) is 7.49. The van der Waals surface area contributed by atoms with E-state index in [2.05, 4.69) is 31.9 Å². The Morgan fingerprint density at radius 1 is 1.21 bits per heavy atom. The van der Waals surface area contributed by atoms with Gasteiger partial charge in [0.05, 0.1) is 10.6 Å². The SMILES string of the molecule is CC(N)(c1cccc(Br)c1)c1ccc(Br)c(Cl)c1F. The van der Waals surface area contributed by atoms with E-state index in [9.17, 15) is 4.39 Å². The van der Waals surface area contributed by atoms with E-state index in [-0.39, 0.29) is 5.02 Å². The lowest BCUT2D eigenvalue weighted by molar-refractivity contribution is 0.530. The third-order valence-corrected chi connectivity index (χ3v) is 4.77. The minimum atomic E-state index is -0.960. The quantitative estimate of drug-likeness (QED) is 0.678. The van der Waals surface area contributed by atoms with Crippen molar-refractivity contribution in [1.82, 2.24) is 0 Å². The van der Waals surface area contributed by atoms with Crippen molar-refractivity contribution >= 4 is 43.5 Å². The molecule has 19 heavy (non-hydrogen) atoms. The summed E-state index contributed by atoms with van der Waals surface area (Å²) in [7, 11) is 0. The van der Waals surface area contributed by atoms with Crippen LogP contribution >= 0.6 is 43.5 Å². The summed E-state index contributed by atoms with van der Waals surface area (Å²) < 4.78 is 15.7. The lowest BCUT2D eigenvalue weighted by Crippen LogP contribution is -2.35. The van der Waals surface area contributed by atoms with Crippen LogP contribution in [-0.4, -0.2) is 0 Å². The Bertz CT molecular complexity index is 629. The van der Waals surface area contributed by atoms with Gasteiger partial charge in [-0.2, -0.15) is 0 Å². The highest BCUT2D eigenvalue weighted by molar-refractivity contribution is 9.10. The lowest BCUT2D eigenvalue weighted by Gasteiger charge is -2.27.